The molecule has 3 aromatic rings. The number of amides is 1. The molecular formula is C17H14BrN3O2. The fourth-order valence-electron chi connectivity index (χ4n) is 2.42. The van der Waals surface area contributed by atoms with Crippen LogP contribution in [0.15, 0.2) is 51.7 Å². The number of hydrogen-bond acceptors (Lipinski definition) is 3. The first kappa shape index (κ1) is 15.4. The Kier molecular flexibility index (Phi) is 4.25. The van der Waals surface area contributed by atoms with Crippen molar-refractivity contribution in [1.82, 2.24) is 10.2 Å². The van der Waals surface area contributed by atoms with Gasteiger partial charge in [-0.05, 0) is 36.8 Å². The number of nitrogens with one attached hydrogen (secondary N) is 2. The van der Waals surface area contributed by atoms with E-state index in [4.69, 9.17) is 0 Å². The van der Waals surface area contributed by atoms with E-state index < -0.39 is 0 Å². The number of H-pyrrole nitrogens is 1. The van der Waals surface area contributed by atoms with Crippen LogP contribution in [0.3, 0.4) is 0 Å². The molecule has 23 heavy (non-hydrogen) atoms. The van der Waals surface area contributed by atoms with Gasteiger partial charge < -0.3 is 5.32 Å². The van der Waals surface area contributed by atoms with Crippen LogP contribution < -0.4 is 10.9 Å². The molecule has 0 aliphatic heterocycles. The minimum Gasteiger partial charge on any atom is -0.326 e. The molecule has 0 saturated heterocycles. The topological polar surface area (TPSA) is 74.8 Å². The predicted molar refractivity (Wildman–Crippen MR) is 93.6 cm³/mol. The van der Waals surface area contributed by atoms with E-state index in [0.29, 0.717) is 16.5 Å². The number of nitrogens with zero attached hydrogens (tertiary/aromatic N) is 1. The van der Waals surface area contributed by atoms with Gasteiger partial charge in [0.25, 0.3) is 5.56 Å². The van der Waals surface area contributed by atoms with Crippen molar-refractivity contribution in [1.29, 1.82) is 0 Å². The van der Waals surface area contributed by atoms with Gasteiger partial charge in [-0.2, -0.15) is 5.10 Å². The molecule has 0 fully saturated rings. The van der Waals surface area contributed by atoms with E-state index in [0.717, 1.165) is 15.7 Å². The van der Waals surface area contributed by atoms with Crippen LogP contribution in [0, 0.1) is 6.92 Å². The van der Waals surface area contributed by atoms with Crippen LogP contribution in [0.4, 0.5) is 5.69 Å². The third kappa shape index (κ3) is 3.32. The number of benzene rings is 2. The van der Waals surface area contributed by atoms with Crippen molar-refractivity contribution in [2.24, 2.45) is 0 Å². The third-order valence-electron chi connectivity index (χ3n) is 3.57. The first-order valence-corrected chi connectivity index (χ1v) is 7.86. The summed E-state index contributed by atoms with van der Waals surface area (Å²) in [4.78, 5) is 24.1. The number of fused-ring (bicyclic) bond motifs is 1. The molecule has 2 N–H and O–H groups in total. The SMILES string of the molecule is Cc1cc(Br)ccc1NC(=O)Cc1n[nH]c(=O)c2ccccc12. The number of halogens is 1. The first-order chi connectivity index (χ1) is 11.0. The van der Waals surface area contributed by atoms with Crippen LogP contribution in [-0.2, 0) is 11.2 Å². The second-order valence-electron chi connectivity index (χ2n) is 5.23. The molecule has 0 aliphatic rings. The molecule has 116 valence electrons. The third-order valence-corrected chi connectivity index (χ3v) is 4.06. The Morgan fingerprint density at radius 3 is 2.70 bits per heavy atom. The van der Waals surface area contributed by atoms with E-state index in [1.54, 1.807) is 18.2 Å². The number of hydrogen-bond donors (Lipinski definition) is 2. The number of rotatable bonds is 3. The Bertz CT molecular complexity index is 950. The lowest BCUT2D eigenvalue weighted by molar-refractivity contribution is -0.115. The zero-order valence-corrected chi connectivity index (χ0v) is 14.0. The van der Waals surface area contributed by atoms with Crippen molar-refractivity contribution in [2.45, 2.75) is 13.3 Å². The fraction of sp³-hybridized carbons (Fsp3) is 0.118. The number of aromatic amines is 1. The predicted octanol–water partition coefficient (Wildman–Crippen LogP) is 3.18. The lowest BCUT2D eigenvalue weighted by Gasteiger charge is -2.09. The van der Waals surface area contributed by atoms with Crippen molar-refractivity contribution in [3.05, 3.63) is 68.5 Å². The zero-order chi connectivity index (χ0) is 16.4. The summed E-state index contributed by atoms with van der Waals surface area (Å²) in [6.45, 7) is 1.92. The van der Waals surface area contributed by atoms with E-state index in [1.165, 1.54) is 0 Å². The molecule has 1 heterocycles. The van der Waals surface area contributed by atoms with Gasteiger partial charge in [-0.3, -0.25) is 9.59 Å². The average molecular weight is 372 g/mol. The van der Waals surface area contributed by atoms with Gasteiger partial charge in [0.1, 0.15) is 0 Å². The van der Waals surface area contributed by atoms with Gasteiger partial charge >= 0.3 is 0 Å². The molecule has 0 saturated carbocycles. The molecule has 0 spiro atoms. The highest BCUT2D eigenvalue weighted by Gasteiger charge is 2.11. The number of aromatic nitrogens is 2. The van der Waals surface area contributed by atoms with Gasteiger partial charge in [0.05, 0.1) is 17.5 Å². The summed E-state index contributed by atoms with van der Waals surface area (Å²) in [7, 11) is 0. The Labute approximate surface area is 140 Å². The lowest BCUT2D eigenvalue weighted by Crippen LogP contribution is -2.18. The summed E-state index contributed by atoms with van der Waals surface area (Å²) >= 11 is 3.39. The number of carbonyl (C=O) groups excluding carboxylic acids is 1. The maximum Gasteiger partial charge on any atom is 0.272 e. The van der Waals surface area contributed by atoms with Crippen molar-refractivity contribution in [2.75, 3.05) is 5.32 Å². The quantitative estimate of drug-likeness (QED) is 0.742. The maximum absolute atomic E-state index is 12.3. The Morgan fingerprint density at radius 2 is 1.96 bits per heavy atom. The van der Waals surface area contributed by atoms with Gasteiger partial charge in [-0.1, -0.05) is 34.1 Å². The summed E-state index contributed by atoms with van der Waals surface area (Å²) in [5, 5.41) is 10.6. The van der Waals surface area contributed by atoms with Crippen LogP contribution in [0.2, 0.25) is 0 Å². The molecule has 6 heteroatoms. The minimum absolute atomic E-state index is 0.0901. The molecule has 1 amide bonds. The standard InChI is InChI=1S/C17H14BrN3O2/c1-10-8-11(18)6-7-14(10)19-16(22)9-15-12-4-2-3-5-13(12)17(23)21-20-15/h2-8H,9H2,1H3,(H,19,22)(H,21,23). The van der Waals surface area contributed by atoms with E-state index in [2.05, 4.69) is 31.4 Å². The van der Waals surface area contributed by atoms with E-state index in [9.17, 15) is 9.59 Å². The summed E-state index contributed by atoms with van der Waals surface area (Å²) < 4.78 is 0.960. The second-order valence-corrected chi connectivity index (χ2v) is 6.14. The number of aryl methyl sites for hydroxylation is 1. The van der Waals surface area contributed by atoms with Crippen LogP contribution >= 0.6 is 15.9 Å². The van der Waals surface area contributed by atoms with Gasteiger partial charge in [-0.25, -0.2) is 5.10 Å². The molecule has 0 radical (unpaired) electrons. The summed E-state index contributed by atoms with van der Waals surface area (Å²) in [6.07, 6.45) is 0.0901. The van der Waals surface area contributed by atoms with Gasteiger partial charge in [0.2, 0.25) is 5.91 Å². The molecular weight excluding hydrogens is 358 g/mol. The monoisotopic (exact) mass is 371 g/mol. The normalized spacial score (nSPS) is 10.7. The van der Waals surface area contributed by atoms with Crippen LogP contribution in [0.5, 0.6) is 0 Å². The molecule has 1 aromatic heterocycles. The van der Waals surface area contributed by atoms with Crippen LogP contribution in [-0.4, -0.2) is 16.1 Å². The van der Waals surface area contributed by atoms with Gasteiger partial charge in [0, 0.05) is 15.5 Å². The molecule has 3 rings (SSSR count). The van der Waals surface area contributed by atoms with Gasteiger partial charge in [0.15, 0.2) is 0 Å². The highest BCUT2D eigenvalue weighted by molar-refractivity contribution is 9.10. The summed E-state index contributed by atoms with van der Waals surface area (Å²) in [6, 6.07) is 12.8. The average Bonchev–Trinajstić information content (AvgIpc) is 2.53. The largest absolute Gasteiger partial charge is 0.326 e. The van der Waals surface area contributed by atoms with E-state index in [-0.39, 0.29) is 17.9 Å². The molecule has 0 aliphatic carbocycles. The molecule has 0 bridgehead atoms. The highest BCUT2D eigenvalue weighted by Crippen LogP contribution is 2.20. The Morgan fingerprint density at radius 1 is 1.22 bits per heavy atom. The van der Waals surface area contributed by atoms with E-state index in [1.807, 2.05) is 31.2 Å². The van der Waals surface area contributed by atoms with Crippen molar-refractivity contribution in [3.8, 4) is 0 Å². The van der Waals surface area contributed by atoms with Crippen LogP contribution in [0.1, 0.15) is 11.3 Å². The number of anilines is 1. The van der Waals surface area contributed by atoms with Crippen LogP contribution in [0.25, 0.3) is 10.8 Å². The minimum atomic E-state index is -0.256. The maximum atomic E-state index is 12.3. The lowest BCUT2D eigenvalue weighted by atomic mass is 10.1. The Balaban J connectivity index is 1.86. The molecule has 0 unspecified atom stereocenters. The van der Waals surface area contributed by atoms with Crippen molar-refractivity contribution in [3.63, 3.8) is 0 Å². The Hall–Kier alpha value is -2.47. The number of carbonyl (C=O) groups is 1. The zero-order valence-electron chi connectivity index (χ0n) is 12.4. The van der Waals surface area contributed by atoms with Crippen molar-refractivity contribution < 1.29 is 4.79 Å². The molecule has 5 nitrogen and oxygen atoms in total. The highest BCUT2D eigenvalue weighted by atomic mass is 79.9. The molecule has 0 atom stereocenters. The molecule has 2 aromatic carbocycles. The van der Waals surface area contributed by atoms with Gasteiger partial charge in [-0.15, -0.1) is 0 Å². The van der Waals surface area contributed by atoms with E-state index >= 15 is 0 Å². The first-order valence-electron chi connectivity index (χ1n) is 7.07. The summed E-state index contributed by atoms with van der Waals surface area (Å²) in [5.41, 5.74) is 2.01. The van der Waals surface area contributed by atoms with Crippen molar-refractivity contribution >= 4 is 38.3 Å². The second kappa shape index (κ2) is 6.34. The smallest absolute Gasteiger partial charge is 0.272 e. The summed E-state index contributed by atoms with van der Waals surface area (Å²) in [5.74, 6) is -0.180. The fourth-order valence-corrected chi connectivity index (χ4v) is 2.90.